The summed E-state index contributed by atoms with van der Waals surface area (Å²) in [5, 5.41) is 0.775. The maximum Gasteiger partial charge on any atom is 0.201 e. The quantitative estimate of drug-likeness (QED) is 0.748. The standard InChI is InChI=1S/C11H10NOS/c1-8-3-4-10(9(2)5-8)13-11-6-12-7-14-11/h3-6H,1-2H3. The van der Waals surface area contributed by atoms with Crippen LogP contribution in [0.5, 0.6) is 10.8 Å². The molecule has 0 bridgehead atoms. The van der Waals surface area contributed by atoms with Gasteiger partial charge < -0.3 is 4.74 Å². The summed E-state index contributed by atoms with van der Waals surface area (Å²) in [6.07, 6.45) is 1.67. The van der Waals surface area contributed by atoms with Gasteiger partial charge in [0.05, 0.1) is 6.20 Å². The first-order valence-electron chi connectivity index (χ1n) is 4.33. The Morgan fingerprint density at radius 2 is 2.21 bits per heavy atom. The van der Waals surface area contributed by atoms with Crippen LogP contribution < -0.4 is 4.74 Å². The second-order valence-corrected chi connectivity index (χ2v) is 3.93. The van der Waals surface area contributed by atoms with Crippen molar-refractivity contribution in [3.8, 4) is 10.8 Å². The van der Waals surface area contributed by atoms with E-state index in [9.17, 15) is 0 Å². The van der Waals surface area contributed by atoms with E-state index >= 15 is 0 Å². The maximum atomic E-state index is 5.63. The topological polar surface area (TPSA) is 22.1 Å². The number of nitrogens with zero attached hydrogens (tertiary/aromatic N) is 1. The number of ether oxygens (including phenoxy) is 1. The number of rotatable bonds is 2. The van der Waals surface area contributed by atoms with E-state index in [4.69, 9.17) is 4.74 Å². The first-order chi connectivity index (χ1) is 6.75. The number of aryl methyl sites for hydroxylation is 2. The first-order valence-corrected chi connectivity index (χ1v) is 5.14. The van der Waals surface area contributed by atoms with Crippen LogP contribution in [-0.2, 0) is 0 Å². The lowest BCUT2D eigenvalue weighted by molar-refractivity contribution is 0.491. The van der Waals surface area contributed by atoms with Gasteiger partial charge in [0.15, 0.2) is 5.51 Å². The molecule has 0 saturated carbocycles. The van der Waals surface area contributed by atoms with Gasteiger partial charge in [-0.25, -0.2) is 4.98 Å². The molecule has 0 spiro atoms. The van der Waals surface area contributed by atoms with Crippen LogP contribution in [0.2, 0.25) is 0 Å². The Hall–Kier alpha value is -1.35. The number of hydrogen-bond acceptors (Lipinski definition) is 3. The van der Waals surface area contributed by atoms with Gasteiger partial charge in [-0.1, -0.05) is 29.0 Å². The van der Waals surface area contributed by atoms with Gasteiger partial charge >= 0.3 is 0 Å². The highest BCUT2D eigenvalue weighted by atomic mass is 32.1. The molecule has 0 aliphatic rings. The largest absolute Gasteiger partial charge is 0.445 e. The number of aromatic nitrogens is 1. The van der Waals surface area contributed by atoms with Crippen LogP contribution >= 0.6 is 11.3 Å². The zero-order valence-corrected chi connectivity index (χ0v) is 8.89. The van der Waals surface area contributed by atoms with Crippen LogP contribution in [-0.4, -0.2) is 4.98 Å². The summed E-state index contributed by atoms with van der Waals surface area (Å²) in [5.41, 5.74) is 5.13. The van der Waals surface area contributed by atoms with Gasteiger partial charge in [0.25, 0.3) is 0 Å². The van der Waals surface area contributed by atoms with Crippen molar-refractivity contribution in [2.75, 3.05) is 0 Å². The van der Waals surface area contributed by atoms with Crippen molar-refractivity contribution in [1.82, 2.24) is 4.98 Å². The first kappa shape index (κ1) is 9.21. The lowest BCUT2D eigenvalue weighted by atomic mass is 10.1. The van der Waals surface area contributed by atoms with E-state index in [0.29, 0.717) is 0 Å². The van der Waals surface area contributed by atoms with E-state index < -0.39 is 0 Å². The minimum atomic E-state index is 0.775. The van der Waals surface area contributed by atoms with Gasteiger partial charge in [-0.15, -0.1) is 0 Å². The highest BCUT2D eigenvalue weighted by Gasteiger charge is 2.02. The summed E-state index contributed by atoms with van der Waals surface area (Å²) >= 11 is 1.37. The molecule has 0 aliphatic carbocycles. The number of benzene rings is 1. The molecule has 0 unspecified atom stereocenters. The summed E-state index contributed by atoms with van der Waals surface area (Å²) in [7, 11) is 0. The predicted molar refractivity (Wildman–Crippen MR) is 56.9 cm³/mol. The minimum absolute atomic E-state index is 0.775. The van der Waals surface area contributed by atoms with E-state index in [1.807, 2.05) is 19.1 Å². The van der Waals surface area contributed by atoms with Gasteiger partial charge in [0, 0.05) is 0 Å². The fraction of sp³-hybridized carbons (Fsp3) is 0.182. The fourth-order valence-electron chi connectivity index (χ4n) is 1.25. The molecule has 0 aliphatic heterocycles. The SMILES string of the molecule is Cc1ccc(Oc2cn[c]s2)c(C)c1. The van der Waals surface area contributed by atoms with Crippen LogP contribution in [0.4, 0.5) is 0 Å². The van der Waals surface area contributed by atoms with Crippen molar-refractivity contribution >= 4 is 11.3 Å². The molecule has 0 amide bonds. The molecule has 0 saturated heterocycles. The van der Waals surface area contributed by atoms with Gasteiger partial charge in [0.1, 0.15) is 5.75 Å². The molecule has 1 aromatic heterocycles. The minimum Gasteiger partial charge on any atom is -0.445 e. The van der Waals surface area contributed by atoms with Crippen LogP contribution in [0.25, 0.3) is 0 Å². The molecule has 71 valence electrons. The summed E-state index contributed by atoms with van der Waals surface area (Å²) in [6, 6.07) is 6.11. The van der Waals surface area contributed by atoms with Crippen LogP contribution in [0, 0.1) is 19.4 Å². The Morgan fingerprint density at radius 3 is 2.86 bits per heavy atom. The van der Waals surface area contributed by atoms with Gasteiger partial charge in [-0.2, -0.15) is 0 Å². The molecular weight excluding hydrogens is 194 g/mol. The average Bonchev–Trinajstić information content (AvgIpc) is 2.62. The van der Waals surface area contributed by atoms with Crippen LogP contribution in [0.1, 0.15) is 11.1 Å². The molecule has 0 atom stereocenters. The lowest BCUT2D eigenvalue weighted by Crippen LogP contribution is -1.85. The third-order valence-electron chi connectivity index (χ3n) is 1.91. The maximum absolute atomic E-state index is 5.63. The molecule has 0 N–H and O–H groups in total. The average molecular weight is 204 g/mol. The Morgan fingerprint density at radius 1 is 1.36 bits per heavy atom. The van der Waals surface area contributed by atoms with E-state index in [1.54, 1.807) is 6.20 Å². The van der Waals surface area contributed by atoms with E-state index in [0.717, 1.165) is 16.4 Å². The highest BCUT2D eigenvalue weighted by molar-refractivity contribution is 7.11. The summed E-state index contributed by atoms with van der Waals surface area (Å²) in [6.45, 7) is 4.10. The van der Waals surface area contributed by atoms with E-state index in [-0.39, 0.29) is 0 Å². The van der Waals surface area contributed by atoms with Crippen molar-refractivity contribution in [3.05, 3.63) is 41.0 Å². The highest BCUT2D eigenvalue weighted by Crippen LogP contribution is 2.27. The molecular formula is C11H10NOS. The van der Waals surface area contributed by atoms with Crippen molar-refractivity contribution < 1.29 is 4.74 Å². The molecule has 1 radical (unpaired) electrons. The normalized spacial score (nSPS) is 10.1. The molecule has 1 heterocycles. The zero-order valence-electron chi connectivity index (χ0n) is 8.07. The van der Waals surface area contributed by atoms with Crippen molar-refractivity contribution in [2.45, 2.75) is 13.8 Å². The monoisotopic (exact) mass is 204 g/mol. The Kier molecular flexibility index (Phi) is 2.50. The summed E-state index contributed by atoms with van der Waals surface area (Å²) < 4.78 is 5.63. The van der Waals surface area contributed by atoms with Crippen molar-refractivity contribution in [2.24, 2.45) is 0 Å². The van der Waals surface area contributed by atoms with Crippen LogP contribution in [0.3, 0.4) is 0 Å². The van der Waals surface area contributed by atoms with Crippen molar-refractivity contribution in [1.29, 1.82) is 0 Å². The Labute approximate surface area is 87.2 Å². The second kappa shape index (κ2) is 3.80. The van der Waals surface area contributed by atoms with Crippen LogP contribution in [0.15, 0.2) is 24.4 Å². The molecule has 2 nitrogen and oxygen atoms in total. The summed E-state index contributed by atoms with van der Waals surface area (Å²) in [5.74, 6) is 0.883. The molecule has 2 rings (SSSR count). The zero-order chi connectivity index (χ0) is 9.97. The molecule has 0 fully saturated rings. The molecule has 2 aromatic rings. The fourth-order valence-corrected chi connectivity index (χ4v) is 1.68. The predicted octanol–water partition coefficient (Wildman–Crippen LogP) is 3.35. The summed E-state index contributed by atoms with van der Waals surface area (Å²) in [4.78, 5) is 3.83. The third kappa shape index (κ3) is 1.93. The van der Waals surface area contributed by atoms with Gasteiger partial charge in [-0.05, 0) is 25.5 Å². The Balaban J connectivity index is 2.25. The lowest BCUT2D eigenvalue weighted by Gasteiger charge is -2.06. The molecule has 14 heavy (non-hydrogen) atoms. The van der Waals surface area contributed by atoms with Gasteiger partial charge in [-0.3, -0.25) is 0 Å². The third-order valence-corrected chi connectivity index (χ3v) is 2.50. The Bertz CT molecular complexity index is 423. The molecule has 1 aromatic carbocycles. The van der Waals surface area contributed by atoms with Crippen molar-refractivity contribution in [3.63, 3.8) is 0 Å². The van der Waals surface area contributed by atoms with E-state index in [2.05, 4.69) is 23.5 Å². The smallest absolute Gasteiger partial charge is 0.201 e. The molecule has 3 heteroatoms. The second-order valence-electron chi connectivity index (χ2n) is 3.14. The number of thiazole rings is 1. The van der Waals surface area contributed by atoms with Gasteiger partial charge in [0.2, 0.25) is 5.06 Å². The number of hydrogen-bond donors (Lipinski definition) is 0. The van der Waals surface area contributed by atoms with E-state index in [1.165, 1.54) is 16.9 Å².